The van der Waals surface area contributed by atoms with Gasteiger partial charge in [-0.25, -0.2) is 4.98 Å². The van der Waals surface area contributed by atoms with Crippen molar-refractivity contribution in [3.05, 3.63) is 60.6 Å². The van der Waals surface area contributed by atoms with E-state index in [-0.39, 0.29) is 24.6 Å². The molecule has 1 aromatic carbocycles. The number of carbonyl (C=O) groups excluding carboxylic acids is 1. The Morgan fingerprint density at radius 1 is 1.05 bits per heavy atom. The summed E-state index contributed by atoms with van der Waals surface area (Å²) in [4.78, 5) is 30.8. The third-order valence-corrected chi connectivity index (χ3v) is 6.60. The third-order valence-electron chi connectivity index (χ3n) is 6.60. The van der Waals surface area contributed by atoms with E-state index in [0.717, 1.165) is 22.5 Å². The second-order valence-electron chi connectivity index (χ2n) is 10.2. The van der Waals surface area contributed by atoms with Crippen LogP contribution in [0.25, 0.3) is 22.4 Å². The molecule has 39 heavy (non-hydrogen) atoms. The first-order valence-corrected chi connectivity index (χ1v) is 13.4. The fraction of sp³-hybridized carbons (Fsp3) is 0.414. The summed E-state index contributed by atoms with van der Waals surface area (Å²) in [6.45, 7) is 10.7. The molecule has 10 heteroatoms. The minimum absolute atomic E-state index is 0.00689. The number of imidazole rings is 1. The van der Waals surface area contributed by atoms with Crippen LogP contribution in [0, 0.1) is 5.92 Å². The monoisotopic (exact) mass is 530 g/mol. The van der Waals surface area contributed by atoms with Crippen LogP contribution in [0.5, 0.6) is 0 Å². The number of benzene rings is 1. The van der Waals surface area contributed by atoms with Crippen molar-refractivity contribution in [2.75, 3.05) is 17.2 Å². The summed E-state index contributed by atoms with van der Waals surface area (Å²) in [5, 5.41) is 6.78. The van der Waals surface area contributed by atoms with E-state index in [0.29, 0.717) is 30.2 Å². The number of anilines is 2. The van der Waals surface area contributed by atoms with Crippen LogP contribution in [0.2, 0.25) is 0 Å². The lowest BCUT2D eigenvalue weighted by Gasteiger charge is -2.20. The van der Waals surface area contributed by atoms with Gasteiger partial charge in [0.2, 0.25) is 5.95 Å². The highest BCUT2D eigenvalue weighted by atomic mass is 16.5. The summed E-state index contributed by atoms with van der Waals surface area (Å²) < 4.78 is 7.49. The molecule has 0 spiro atoms. The van der Waals surface area contributed by atoms with Crippen LogP contribution in [-0.4, -0.2) is 49.2 Å². The highest BCUT2D eigenvalue weighted by molar-refractivity contribution is 5.84. The minimum atomic E-state index is -0.649. The number of esters is 1. The predicted octanol–water partition coefficient (Wildman–Crippen LogP) is 4.80. The maximum atomic E-state index is 12.3. The molecule has 4 aromatic rings. The zero-order valence-corrected chi connectivity index (χ0v) is 23.3. The van der Waals surface area contributed by atoms with Crippen LogP contribution in [0.15, 0.2) is 55.0 Å². The number of nitrogens with two attached hydrogens (primary N) is 1. The van der Waals surface area contributed by atoms with E-state index in [1.807, 2.05) is 43.5 Å². The van der Waals surface area contributed by atoms with Gasteiger partial charge in [-0.15, -0.1) is 0 Å². The summed E-state index contributed by atoms with van der Waals surface area (Å²) >= 11 is 0. The van der Waals surface area contributed by atoms with Crippen LogP contribution in [-0.2, 0) is 16.1 Å². The molecule has 3 aromatic heterocycles. The Morgan fingerprint density at radius 3 is 2.46 bits per heavy atom. The van der Waals surface area contributed by atoms with Crippen LogP contribution in [0.4, 0.5) is 11.8 Å². The predicted molar refractivity (Wildman–Crippen MR) is 154 cm³/mol. The number of pyridine rings is 1. The largest absolute Gasteiger partial charge is 0.462 e. The summed E-state index contributed by atoms with van der Waals surface area (Å²) in [6, 6.07) is 13.5. The van der Waals surface area contributed by atoms with Gasteiger partial charge in [0.05, 0.1) is 18.1 Å². The number of fused-ring (bicyclic) bond motifs is 1. The van der Waals surface area contributed by atoms with Crippen molar-refractivity contribution >= 4 is 28.9 Å². The van der Waals surface area contributed by atoms with Gasteiger partial charge >= 0.3 is 5.97 Å². The van der Waals surface area contributed by atoms with Crippen LogP contribution in [0.3, 0.4) is 0 Å². The van der Waals surface area contributed by atoms with Gasteiger partial charge in [-0.3, -0.25) is 9.78 Å². The highest BCUT2D eigenvalue weighted by Gasteiger charge is 2.21. The third kappa shape index (κ3) is 6.88. The maximum absolute atomic E-state index is 12.3. The molecule has 0 radical (unpaired) electrons. The SMILES string of the molecule is CC[C@@H](COC(=O)[C@@H](N)C(C)C)Nc1nc(NCc2ccc(-c3ccccn3)cc2)c2ncn(C(C)C)c2n1. The fourth-order valence-electron chi connectivity index (χ4n) is 3.99. The molecule has 206 valence electrons. The second-order valence-corrected chi connectivity index (χ2v) is 10.2. The lowest BCUT2D eigenvalue weighted by molar-refractivity contribution is -0.146. The molecule has 0 saturated heterocycles. The van der Waals surface area contributed by atoms with E-state index in [1.54, 1.807) is 12.5 Å². The van der Waals surface area contributed by atoms with Gasteiger partial charge in [0, 0.05) is 24.3 Å². The van der Waals surface area contributed by atoms with Crippen molar-refractivity contribution in [2.24, 2.45) is 11.7 Å². The molecule has 0 aliphatic carbocycles. The van der Waals surface area contributed by atoms with Crippen molar-refractivity contribution in [3.8, 4) is 11.3 Å². The number of nitrogens with zero attached hydrogens (tertiary/aromatic N) is 5. The van der Waals surface area contributed by atoms with Crippen molar-refractivity contribution in [1.82, 2.24) is 24.5 Å². The molecule has 0 bridgehead atoms. The molecule has 0 unspecified atom stereocenters. The Kier molecular flexibility index (Phi) is 9.08. The number of ether oxygens (including phenoxy) is 1. The molecular weight excluding hydrogens is 492 g/mol. The Labute approximate surface area is 229 Å². The smallest absolute Gasteiger partial charge is 0.323 e. The Morgan fingerprint density at radius 2 is 1.82 bits per heavy atom. The summed E-state index contributed by atoms with van der Waals surface area (Å²) in [5.74, 6) is 0.668. The molecule has 4 rings (SSSR count). The van der Waals surface area contributed by atoms with Gasteiger partial charge < -0.3 is 25.7 Å². The van der Waals surface area contributed by atoms with Gasteiger partial charge in [-0.05, 0) is 43.9 Å². The van der Waals surface area contributed by atoms with Gasteiger partial charge in [-0.1, -0.05) is 51.1 Å². The molecule has 0 amide bonds. The molecule has 4 N–H and O–H groups in total. The molecule has 0 saturated carbocycles. The van der Waals surface area contributed by atoms with Crippen LogP contribution < -0.4 is 16.4 Å². The van der Waals surface area contributed by atoms with Gasteiger partial charge in [0.1, 0.15) is 12.6 Å². The number of nitrogens with one attached hydrogen (secondary N) is 2. The first-order valence-electron chi connectivity index (χ1n) is 13.4. The fourth-order valence-corrected chi connectivity index (χ4v) is 3.99. The number of carbonyl (C=O) groups is 1. The summed E-state index contributed by atoms with van der Waals surface area (Å²) in [5.41, 5.74) is 10.5. The first-order chi connectivity index (χ1) is 18.8. The molecule has 0 aliphatic rings. The van der Waals surface area contributed by atoms with Crippen molar-refractivity contribution in [2.45, 2.75) is 65.7 Å². The summed E-state index contributed by atoms with van der Waals surface area (Å²) in [6.07, 6.45) is 4.29. The number of hydrogen-bond donors (Lipinski definition) is 3. The Hall–Kier alpha value is -4.05. The lowest BCUT2D eigenvalue weighted by Crippen LogP contribution is -2.39. The van der Waals surface area contributed by atoms with E-state index in [1.165, 1.54) is 0 Å². The lowest BCUT2D eigenvalue weighted by atomic mass is 10.1. The molecule has 3 heterocycles. The van der Waals surface area contributed by atoms with E-state index >= 15 is 0 Å². The second kappa shape index (κ2) is 12.7. The Bertz CT molecular complexity index is 1370. The molecule has 10 nitrogen and oxygen atoms in total. The molecule has 0 aliphatic heterocycles. The first kappa shape index (κ1) is 28.0. The van der Waals surface area contributed by atoms with Crippen molar-refractivity contribution < 1.29 is 9.53 Å². The topological polar surface area (TPSA) is 133 Å². The summed E-state index contributed by atoms with van der Waals surface area (Å²) in [7, 11) is 0. The van der Waals surface area contributed by atoms with Gasteiger partial charge in [0.25, 0.3) is 0 Å². The van der Waals surface area contributed by atoms with E-state index in [2.05, 4.69) is 58.7 Å². The van der Waals surface area contributed by atoms with Crippen LogP contribution >= 0.6 is 0 Å². The molecule has 2 atom stereocenters. The maximum Gasteiger partial charge on any atom is 0.323 e. The molecule has 0 fully saturated rings. The van der Waals surface area contributed by atoms with Gasteiger partial charge in [0.15, 0.2) is 17.0 Å². The highest BCUT2D eigenvalue weighted by Crippen LogP contribution is 2.25. The van der Waals surface area contributed by atoms with E-state index < -0.39 is 12.0 Å². The normalized spacial score (nSPS) is 13.0. The zero-order valence-electron chi connectivity index (χ0n) is 23.3. The number of aromatic nitrogens is 5. The Balaban J connectivity index is 1.52. The molecular formula is C29H38N8O2. The minimum Gasteiger partial charge on any atom is -0.462 e. The average molecular weight is 531 g/mol. The van der Waals surface area contributed by atoms with Gasteiger partial charge in [-0.2, -0.15) is 9.97 Å². The van der Waals surface area contributed by atoms with Crippen molar-refractivity contribution in [3.63, 3.8) is 0 Å². The van der Waals surface area contributed by atoms with Crippen LogP contribution in [0.1, 0.15) is 52.6 Å². The zero-order chi connectivity index (χ0) is 27.9. The standard InChI is InChI=1S/C29H38N8O2/c1-6-22(16-39-28(38)24(30)18(2)3)34-29-35-26(25-27(36-29)37(17-33-25)19(4)5)32-15-20-10-12-21(13-11-20)23-9-7-8-14-31-23/h7-14,17-19,22,24H,6,15-16,30H2,1-5H3,(H2,32,34,35,36)/t22-,24-/m0/s1. The quantitative estimate of drug-likeness (QED) is 0.221. The van der Waals surface area contributed by atoms with E-state index in [4.69, 9.17) is 20.4 Å². The van der Waals surface area contributed by atoms with Crippen molar-refractivity contribution in [1.29, 1.82) is 0 Å². The average Bonchev–Trinajstić information content (AvgIpc) is 3.38. The number of rotatable bonds is 12. The van der Waals surface area contributed by atoms with E-state index in [9.17, 15) is 4.79 Å². The number of hydrogen-bond acceptors (Lipinski definition) is 9.